The van der Waals surface area contributed by atoms with Crippen LogP contribution in [-0.4, -0.2) is 78.6 Å². The highest BCUT2D eigenvalue weighted by atomic mass is 32.2. The Bertz CT molecular complexity index is 1390. The minimum absolute atomic E-state index is 0.0766. The van der Waals surface area contributed by atoms with Crippen LogP contribution in [0.25, 0.3) is 0 Å². The van der Waals surface area contributed by atoms with Crippen LogP contribution < -0.4 is 4.74 Å². The van der Waals surface area contributed by atoms with Crippen molar-refractivity contribution in [1.82, 2.24) is 9.21 Å². The summed E-state index contributed by atoms with van der Waals surface area (Å²) in [7, 11) is -1.55. The normalized spacial score (nSPS) is 29.4. The number of hydrogen-bond donors (Lipinski definition) is 2. The average Bonchev–Trinajstić information content (AvgIpc) is 3.26. The average molecular weight is 555 g/mol. The predicted octanol–water partition coefficient (Wildman–Crippen LogP) is 3.09. The second kappa shape index (κ2) is 9.58. The molecule has 2 aromatic rings. The number of carbonyl (C=O) groups excluding carboxylic acids is 1. The molecule has 8 nitrogen and oxygen atoms in total. The Hall–Kier alpha value is -2.46. The van der Waals surface area contributed by atoms with Crippen LogP contribution in [0.2, 0.25) is 0 Å². The molecule has 0 aromatic heterocycles. The van der Waals surface area contributed by atoms with Crippen molar-refractivity contribution in [1.29, 1.82) is 0 Å². The Balaban J connectivity index is 1.48. The molecule has 2 N–H and O–H groups in total. The van der Waals surface area contributed by atoms with Gasteiger partial charge in [0.25, 0.3) is 0 Å². The summed E-state index contributed by atoms with van der Waals surface area (Å²) in [4.78, 5) is 15.0. The SMILES string of the molecule is CC(C)CN(C1CC[C@H]2[C@H]3Cc4cc(C(=O)CO)c(O)c5c4[C@@]2(CCN3C)C1O5)S(=O)(=O)Cc1ccccc1. The van der Waals surface area contributed by atoms with E-state index in [-0.39, 0.29) is 34.9 Å². The van der Waals surface area contributed by atoms with Gasteiger partial charge in [0, 0.05) is 23.6 Å². The number of aromatic hydroxyl groups is 1. The summed E-state index contributed by atoms with van der Waals surface area (Å²) in [5.74, 6) is -0.157. The van der Waals surface area contributed by atoms with E-state index >= 15 is 0 Å². The number of likely N-dealkylation sites (N-methyl/N-ethyl adjacent to an activating group) is 1. The summed E-state index contributed by atoms with van der Waals surface area (Å²) in [6.45, 7) is 4.60. The number of phenols is 1. The molecular formula is C30H38N2O6S. The van der Waals surface area contributed by atoms with Crippen molar-refractivity contribution in [2.24, 2.45) is 11.8 Å². The van der Waals surface area contributed by atoms with E-state index in [1.54, 1.807) is 10.4 Å². The van der Waals surface area contributed by atoms with Gasteiger partial charge in [0.05, 0.1) is 17.4 Å². The number of likely N-dealkylation sites (tertiary alicyclic amines) is 1. The van der Waals surface area contributed by atoms with E-state index in [0.717, 1.165) is 42.5 Å². The summed E-state index contributed by atoms with van der Waals surface area (Å²) >= 11 is 0. The number of carbonyl (C=O) groups is 1. The molecule has 2 heterocycles. The fraction of sp³-hybridized carbons (Fsp3) is 0.567. The maximum absolute atomic E-state index is 14.1. The van der Waals surface area contributed by atoms with E-state index in [0.29, 0.717) is 18.7 Å². The van der Waals surface area contributed by atoms with Crippen LogP contribution in [0, 0.1) is 11.8 Å². The number of sulfonamides is 1. The number of ether oxygens (including phenoxy) is 1. The molecule has 2 unspecified atom stereocenters. The molecule has 1 saturated heterocycles. The number of rotatable bonds is 8. The first-order valence-corrected chi connectivity index (χ1v) is 15.6. The summed E-state index contributed by atoms with van der Waals surface area (Å²) in [5, 5.41) is 20.8. The van der Waals surface area contributed by atoms with E-state index in [1.807, 2.05) is 44.2 Å². The smallest absolute Gasteiger partial charge is 0.218 e. The second-order valence-electron chi connectivity index (χ2n) is 12.3. The minimum Gasteiger partial charge on any atom is -0.504 e. The molecule has 1 spiro atoms. The maximum atomic E-state index is 14.1. The van der Waals surface area contributed by atoms with Crippen molar-refractivity contribution in [3.05, 3.63) is 58.7 Å². The Morgan fingerprint density at radius 2 is 1.97 bits per heavy atom. The van der Waals surface area contributed by atoms with Gasteiger partial charge in [-0.05, 0) is 68.3 Å². The van der Waals surface area contributed by atoms with Crippen LogP contribution in [0.1, 0.15) is 60.2 Å². The van der Waals surface area contributed by atoms with Gasteiger partial charge in [-0.3, -0.25) is 4.79 Å². The van der Waals surface area contributed by atoms with Gasteiger partial charge in [0.2, 0.25) is 10.0 Å². The zero-order valence-corrected chi connectivity index (χ0v) is 23.7. The largest absolute Gasteiger partial charge is 0.504 e. The number of ketones is 1. The lowest BCUT2D eigenvalue weighted by Crippen LogP contribution is -2.68. The first-order valence-electron chi connectivity index (χ1n) is 14.0. The highest BCUT2D eigenvalue weighted by Crippen LogP contribution is 2.64. The summed E-state index contributed by atoms with van der Waals surface area (Å²) in [6, 6.07) is 10.9. The van der Waals surface area contributed by atoms with E-state index in [9.17, 15) is 23.4 Å². The Labute approximate surface area is 230 Å². The van der Waals surface area contributed by atoms with Gasteiger partial charge in [0.15, 0.2) is 17.3 Å². The number of benzene rings is 2. The summed E-state index contributed by atoms with van der Waals surface area (Å²) in [5.41, 5.74) is 2.32. The van der Waals surface area contributed by atoms with E-state index < -0.39 is 40.0 Å². The molecule has 6 rings (SSSR count). The molecule has 0 amide bonds. The monoisotopic (exact) mass is 554 g/mol. The Morgan fingerprint density at radius 1 is 1.23 bits per heavy atom. The third-order valence-corrected chi connectivity index (χ3v) is 11.4. The zero-order chi connectivity index (χ0) is 27.7. The lowest BCUT2D eigenvalue weighted by Gasteiger charge is -2.60. The van der Waals surface area contributed by atoms with Gasteiger partial charge in [-0.15, -0.1) is 0 Å². The molecule has 2 aromatic carbocycles. The Morgan fingerprint density at radius 3 is 2.67 bits per heavy atom. The molecule has 0 radical (unpaired) electrons. The molecule has 2 aliphatic carbocycles. The van der Waals surface area contributed by atoms with Gasteiger partial charge in [-0.2, -0.15) is 4.31 Å². The topological polar surface area (TPSA) is 107 Å². The van der Waals surface area contributed by atoms with Crippen LogP contribution >= 0.6 is 0 Å². The number of hydrogen-bond acceptors (Lipinski definition) is 7. The zero-order valence-electron chi connectivity index (χ0n) is 22.8. The molecule has 210 valence electrons. The lowest BCUT2D eigenvalue weighted by atomic mass is 9.51. The molecule has 9 heteroatoms. The number of aliphatic hydroxyl groups excluding tert-OH is 1. The second-order valence-corrected chi connectivity index (χ2v) is 14.2. The maximum Gasteiger partial charge on any atom is 0.218 e. The standard InChI is InChI=1S/C30H38N2O6S/c1-18(2)15-32(39(36,37)17-19-7-5-4-6-8-19)23-10-9-22-24-14-20-13-21(25(34)16-33)27(35)28-26(20)30(22,29(23)38-28)11-12-31(24)3/h4-8,13,18,22-24,29,33,35H,9-12,14-17H2,1-3H3/t22-,23?,24+,29?,30-/m0/s1. The van der Waals surface area contributed by atoms with Crippen molar-refractivity contribution in [3.8, 4) is 11.5 Å². The number of piperidine rings is 1. The van der Waals surface area contributed by atoms with Crippen LogP contribution in [-0.2, 0) is 27.6 Å². The minimum atomic E-state index is -3.69. The van der Waals surface area contributed by atoms with Crippen LogP contribution in [0.4, 0.5) is 0 Å². The third kappa shape index (κ3) is 4.04. The molecule has 5 atom stereocenters. The first kappa shape index (κ1) is 26.7. The molecule has 2 fully saturated rings. The fourth-order valence-electron chi connectivity index (χ4n) is 8.06. The van der Waals surface area contributed by atoms with Crippen molar-refractivity contribution >= 4 is 15.8 Å². The summed E-state index contributed by atoms with van der Waals surface area (Å²) in [6.07, 6.45) is 2.61. The fourth-order valence-corrected chi connectivity index (χ4v) is 9.99. The van der Waals surface area contributed by atoms with Crippen molar-refractivity contribution in [3.63, 3.8) is 0 Å². The molecular weight excluding hydrogens is 516 g/mol. The molecule has 2 bridgehead atoms. The number of aliphatic hydroxyl groups is 1. The first-order chi connectivity index (χ1) is 18.6. The number of nitrogens with zero attached hydrogens (tertiary/aromatic N) is 2. The van der Waals surface area contributed by atoms with Crippen molar-refractivity contribution in [2.45, 2.75) is 68.9 Å². The number of Topliss-reactive ketones (excluding diaryl/α,β-unsaturated/α-hetero) is 1. The highest BCUT2D eigenvalue weighted by molar-refractivity contribution is 7.88. The van der Waals surface area contributed by atoms with Crippen molar-refractivity contribution < 1.29 is 28.2 Å². The predicted molar refractivity (Wildman–Crippen MR) is 147 cm³/mol. The molecule has 4 aliphatic rings. The lowest BCUT2D eigenvalue weighted by molar-refractivity contribution is -0.0709. The quantitative estimate of drug-likeness (QED) is 0.483. The van der Waals surface area contributed by atoms with Gasteiger partial charge in [-0.1, -0.05) is 44.2 Å². The summed E-state index contributed by atoms with van der Waals surface area (Å²) < 4.78 is 36.5. The van der Waals surface area contributed by atoms with E-state index in [4.69, 9.17) is 4.74 Å². The van der Waals surface area contributed by atoms with Crippen LogP contribution in [0.5, 0.6) is 11.5 Å². The highest BCUT2D eigenvalue weighted by Gasteiger charge is 2.67. The third-order valence-electron chi connectivity index (χ3n) is 9.59. The molecule has 1 saturated carbocycles. The molecule has 2 aliphatic heterocycles. The number of phenolic OH excluding ortho intramolecular Hbond substituents is 1. The van der Waals surface area contributed by atoms with E-state index in [1.165, 1.54) is 0 Å². The van der Waals surface area contributed by atoms with Gasteiger partial charge >= 0.3 is 0 Å². The Kier molecular flexibility index (Phi) is 6.57. The van der Waals surface area contributed by atoms with Crippen molar-refractivity contribution in [2.75, 3.05) is 26.7 Å². The van der Waals surface area contributed by atoms with E-state index in [2.05, 4.69) is 11.9 Å². The van der Waals surface area contributed by atoms with Crippen LogP contribution in [0.15, 0.2) is 36.4 Å². The van der Waals surface area contributed by atoms with Gasteiger partial charge in [0.1, 0.15) is 12.7 Å². The van der Waals surface area contributed by atoms with Gasteiger partial charge < -0.3 is 19.8 Å². The van der Waals surface area contributed by atoms with Gasteiger partial charge in [-0.25, -0.2) is 8.42 Å². The van der Waals surface area contributed by atoms with Crippen LogP contribution in [0.3, 0.4) is 0 Å². The molecule has 39 heavy (non-hydrogen) atoms.